The van der Waals surface area contributed by atoms with Crippen molar-refractivity contribution in [1.82, 2.24) is 4.31 Å². The van der Waals surface area contributed by atoms with Crippen molar-refractivity contribution in [3.05, 3.63) is 42.0 Å². The fourth-order valence-corrected chi connectivity index (χ4v) is 4.84. The monoisotopic (exact) mass is 464 g/mol. The normalized spacial score (nSPS) is 14.6. The Kier molecular flexibility index (Phi) is 7.94. The van der Waals surface area contributed by atoms with Crippen LogP contribution in [-0.4, -0.2) is 65.3 Å². The molecule has 0 aliphatic carbocycles. The fourth-order valence-electron chi connectivity index (χ4n) is 3.28. The Labute approximate surface area is 188 Å². The van der Waals surface area contributed by atoms with E-state index in [1.165, 1.54) is 17.5 Å². The summed E-state index contributed by atoms with van der Waals surface area (Å²) in [5.74, 6) is 0.790. The molecule has 1 heterocycles. The number of benzene rings is 2. The van der Waals surface area contributed by atoms with Crippen molar-refractivity contribution in [3.8, 4) is 17.2 Å². The lowest BCUT2D eigenvalue weighted by molar-refractivity contribution is 0.0729. The molecule has 2 aromatic rings. The molecule has 3 rings (SSSR count). The molecule has 0 bridgehead atoms. The number of nitrogens with one attached hydrogen (secondary N) is 1. The third-order valence-corrected chi connectivity index (χ3v) is 6.73. The van der Waals surface area contributed by atoms with E-state index in [4.69, 9.17) is 18.9 Å². The molecular weight excluding hydrogens is 436 g/mol. The Balaban J connectivity index is 1.89. The van der Waals surface area contributed by atoms with Crippen LogP contribution in [0.25, 0.3) is 0 Å². The second-order valence-corrected chi connectivity index (χ2v) is 8.77. The second kappa shape index (κ2) is 10.7. The second-order valence-electron chi connectivity index (χ2n) is 6.86. The van der Waals surface area contributed by atoms with Gasteiger partial charge in [0.25, 0.3) is 5.91 Å². The number of anilines is 1. The summed E-state index contributed by atoms with van der Waals surface area (Å²) in [7, 11) is -2.33. The molecule has 0 atom stereocenters. The first kappa shape index (κ1) is 23.8. The van der Waals surface area contributed by atoms with Gasteiger partial charge in [0, 0.05) is 24.3 Å². The van der Waals surface area contributed by atoms with E-state index in [0.717, 1.165) is 0 Å². The smallest absolute Gasteiger partial charge is 0.255 e. The van der Waals surface area contributed by atoms with Gasteiger partial charge in [-0.25, -0.2) is 8.42 Å². The number of nitrogens with zero attached hydrogens (tertiary/aromatic N) is 1. The van der Waals surface area contributed by atoms with E-state index >= 15 is 0 Å². The van der Waals surface area contributed by atoms with E-state index in [2.05, 4.69) is 5.32 Å². The van der Waals surface area contributed by atoms with E-state index in [9.17, 15) is 13.2 Å². The molecule has 174 valence electrons. The van der Waals surface area contributed by atoms with Crippen LogP contribution >= 0.6 is 0 Å². The average molecular weight is 465 g/mol. The van der Waals surface area contributed by atoms with Gasteiger partial charge in [-0.2, -0.15) is 4.31 Å². The summed E-state index contributed by atoms with van der Waals surface area (Å²) < 4.78 is 49.4. The Bertz CT molecular complexity index is 1050. The number of morpholine rings is 1. The number of methoxy groups -OCH3 is 1. The lowest BCUT2D eigenvalue weighted by Crippen LogP contribution is -2.40. The summed E-state index contributed by atoms with van der Waals surface area (Å²) in [5.41, 5.74) is 0.676. The topological polar surface area (TPSA) is 103 Å². The van der Waals surface area contributed by atoms with Crippen LogP contribution in [-0.2, 0) is 14.8 Å². The van der Waals surface area contributed by atoms with Crippen molar-refractivity contribution in [2.75, 3.05) is 51.9 Å². The van der Waals surface area contributed by atoms with E-state index in [1.807, 2.05) is 6.92 Å². The van der Waals surface area contributed by atoms with Crippen LogP contribution in [0, 0.1) is 0 Å². The van der Waals surface area contributed by atoms with Crippen molar-refractivity contribution in [2.24, 2.45) is 0 Å². The Morgan fingerprint density at radius 3 is 2.31 bits per heavy atom. The first-order chi connectivity index (χ1) is 15.4. The van der Waals surface area contributed by atoms with Crippen molar-refractivity contribution in [2.45, 2.75) is 18.7 Å². The molecule has 1 amide bonds. The highest BCUT2D eigenvalue weighted by atomic mass is 32.2. The zero-order chi connectivity index (χ0) is 23.1. The molecule has 1 fully saturated rings. The molecular formula is C22H28N2O7S. The zero-order valence-corrected chi connectivity index (χ0v) is 19.2. The van der Waals surface area contributed by atoms with Crippen LogP contribution in [0.5, 0.6) is 17.2 Å². The minimum Gasteiger partial charge on any atom is -0.493 e. The first-order valence-electron chi connectivity index (χ1n) is 10.4. The molecule has 0 saturated carbocycles. The van der Waals surface area contributed by atoms with E-state index in [1.54, 1.807) is 37.3 Å². The van der Waals surface area contributed by atoms with Gasteiger partial charge in [0.15, 0.2) is 11.5 Å². The predicted octanol–water partition coefficient (Wildman–Crippen LogP) is 2.77. The number of carbonyl (C=O) groups is 1. The summed E-state index contributed by atoms with van der Waals surface area (Å²) in [5, 5.41) is 2.75. The molecule has 0 unspecified atom stereocenters. The maximum atomic E-state index is 13.2. The highest BCUT2D eigenvalue weighted by Gasteiger charge is 2.30. The van der Waals surface area contributed by atoms with Crippen LogP contribution in [0.2, 0.25) is 0 Å². The molecule has 2 aromatic carbocycles. The lowest BCUT2D eigenvalue weighted by Gasteiger charge is -2.27. The molecule has 1 saturated heterocycles. The summed E-state index contributed by atoms with van der Waals surface area (Å²) in [4.78, 5) is 12.8. The van der Waals surface area contributed by atoms with Crippen LogP contribution in [0.3, 0.4) is 0 Å². The predicted molar refractivity (Wildman–Crippen MR) is 119 cm³/mol. The van der Waals surface area contributed by atoms with Gasteiger partial charge < -0.3 is 24.3 Å². The SMILES string of the molecule is CCOc1ccc(C(=O)Nc2ccc(OCC)c(S(=O)(=O)N3CCOCC3)c2)cc1OC. The van der Waals surface area contributed by atoms with Crippen molar-refractivity contribution >= 4 is 21.6 Å². The third-order valence-electron chi connectivity index (χ3n) is 4.81. The van der Waals surface area contributed by atoms with Crippen molar-refractivity contribution in [3.63, 3.8) is 0 Å². The molecule has 9 nitrogen and oxygen atoms in total. The van der Waals surface area contributed by atoms with E-state index < -0.39 is 15.9 Å². The number of carbonyl (C=O) groups excluding carboxylic acids is 1. The van der Waals surface area contributed by atoms with Gasteiger partial charge in [0.05, 0.1) is 33.5 Å². The van der Waals surface area contributed by atoms with Gasteiger partial charge in [0.1, 0.15) is 10.6 Å². The van der Waals surface area contributed by atoms with E-state index in [-0.39, 0.29) is 23.7 Å². The van der Waals surface area contributed by atoms with Gasteiger partial charge in [-0.1, -0.05) is 0 Å². The Morgan fingerprint density at radius 1 is 1.00 bits per heavy atom. The number of amides is 1. The lowest BCUT2D eigenvalue weighted by atomic mass is 10.2. The highest BCUT2D eigenvalue weighted by molar-refractivity contribution is 7.89. The van der Waals surface area contributed by atoms with Gasteiger partial charge in [-0.05, 0) is 50.2 Å². The number of ether oxygens (including phenoxy) is 4. The van der Waals surface area contributed by atoms with Crippen molar-refractivity contribution < 1.29 is 32.2 Å². The summed E-state index contributed by atoms with van der Waals surface area (Å²) >= 11 is 0. The van der Waals surface area contributed by atoms with Crippen LogP contribution in [0.15, 0.2) is 41.3 Å². The summed E-state index contributed by atoms with van der Waals surface area (Å²) in [6.45, 7) is 5.59. The minimum absolute atomic E-state index is 0.00308. The van der Waals surface area contributed by atoms with Crippen molar-refractivity contribution in [1.29, 1.82) is 0 Å². The standard InChI is InChI=1S/C22H28N2O7S/c1-4-30-18-8-6-16(14-20(18)28-3)22(25)23-17-7-9-19(31-5-2)21(15-17)32(26,27)24-10-12-29-13-11-24/h6-9,14-15H,4-5,10-13H2,1-3H3,(H,23,25). The average Bonchev–Trinajstić information content (AvgIpc) is 2.81. The van der Waals surface area contributed by atoms with Crippen LogP contribution < -0.4 is 19.5 Å². The van der Waals surface area contributed by atoms with Gasteiger partial charge in [0.2, 0.25) is 10.0 Å². The molecule has 1 aliphatic rings. The van der Waals surface area contributed by atoms with Gasteiger partial charge >= 0.3 is 0 Å². The minimum atomic E-state index is -3.82. The molecule has 0 aromatic heterocycles. The number of rotatable bonds is 9. The fraction of sp³-hybridized carbons (Fsp3) is 0.409. The molecule has 1 N–H and O–H groups in total. The number of sulfonamides is 1. The molecule has 32 heavy (non-hydrogen) atoms. The Hall–Kier alpha value is -2.82. The molecule has 1 aliphatic heterocycles. The molecule has 0 radical (unpaired) electrons. The van der Waals surface area contributed by atoms with Crippen LogP contribution in [0.4, 0.5) is 5.69 Å². The maximum Gasteiger partial charge on any atom is 0.255 e. The van der Waals surface area contributed by atoms with Gasteiger partial charge in [-0.15, -0.1) is 0 Å². The largest absolute Gasteiger partial charge is 0.493 e. The quantitative estimate of drug-likeness (QED) is 0.609. The maximum absolute atomic E-state index is 13.2. The zero-order valence-electron chi connectivity index (χ0n) is 18.4. The number of hydrogen-bond acceptors (Lipinski definition) is 7. The summed E-state index contributed by atoms with van der Waals surface area (Å²) in [6.07, 6.45) is 0. The number of hydrogen-bond donors (Lipinski definition) is 1. The van der Waals surface area contributed by atoms with Crippen LogP contribution in [0.1, 0.15) is 24.2 Å². The van der Waals surface area contributed by atoms with E-state index in [0.29, 0.717) is 49.2 Å². The first-order valence-corrected chi connectivity index (χ1v) is 11.8. The van der Waals surface area contributed by atoms with Gasteiger partial charge in [-0.3, -0.25) is 4.79 Å². The summed E-state index contributed by atoms with van der Waals surface area (Å²) in [6, 6.07) is 9.41. The Morgan fingerprint density at radius 2 is 1.66 bits per heavy atom. The molecule has 0 spiro atoms. The highest BCUT2D eigenvalue weighted by Crippen LogP contribution is 2.32. The molecule has 10 heteroatoms. The third kappa shape index (κ3) is 5.32.